The fourth-order valence-corrected chi connectivity index (χ4v) is 4.74. The second-order valence-corrected chi connectivity index (χ2v) is 8.53. The number of fused-ring (bicyclic) bond motifs is 2. The summed E-state index contributed by atoms with van der Waals surface area (Å²) in [5.74, 6) is -1.05. The second kappa shape index (κ2) is 7.51. The standard InChI is InChI=1S/C24H17F4N7O/c1-12-20-21(16-5-3-14(7-17(16)25)34-10-13(9-31-34)24(26,27)28)35(23(36)22(20)33(2)32-12)15-4-6-18-19(8-15)30-11-29-18/h3-11,21H,1-2H3,(H,29,30). The van der Waals surface area contributed by atoms with Crippen LogP contribution in [0.4, 0.5) is 23.2 Å². The number of benzene rings is 2. The summed E-state index contributed by atoms with van der Waals surface area (Å²) in [6.45, 7) is 1.74. The van der Waals surface area contributed by atoms with Crippen LogP contribution in [0.15, 0.2) is 55.1 Å². The Morgan fingerprint density at radius 3 is 2.58 bits per heavy atom. The Morgan fingerprint density at radius 1 is 1.08 bits per heavy atom. The number of nitrogens with one attached hydrogen (secondary N) is 1. The number of nitrogens with zero attached hydrogens (tertiary/aromatic N) is 6. The number of carbonyl (C=O) groups excluding carboxylic acids is 1. The molecule has 0 fully saturated rings. The van der Waals surface area contributed by atoms with Gasteiger partial charge < -0.3 is 4.98 Å². The maximum absolute atomic E-state index is 15.6. The molecule has 1 amide bonds. The summed E-state index contributed by atoms with van der Waals surface area (Å²) < 4.78 is 57.0. The van der Waals surface area contributed by atoms with Crippen LogP contribution >= 0.6 is 0 Å². The highest BCUT2D eigenvalue weighted by Crippen LogP contribution is 2.44. The van der Waals surface area contributed by atoms with Gasteiger partial charge in [0, 0.05) is 30.1 Å². The molecule has 1 aliphatic heterocycles. The largest absolute Gasteiger partial charge is 0.419 e. The number of anilines is 1. The third-order valence-electron chi connectivity index (χ3n) is 6.36. The fraction of sp³-hybridized carbons (Fsp3) is 0.167. The zero-order valence-corrected chi connectivity index (χ0v) is 18.9. The minimum absolute atomic E-state index is 0.115. The number of hydrogen-bond acceptors (Lipinski definition) is 4. The molecule has 8 nitrogen and oxygen atoms in total. The van der Waals surface area contributed by atoms with Gasteiger partial charge in [-0.1, -0.05) is 6.07 Å². The zero-order chi connectivity index (χ0) is 25.4. The van der Waals surface area contributed by atoms with Gasteiger partial charge in [0.15, 0.2) is 0 Å². The summed E-state index contributed by atoms with van der Waals surface area (Å²) in [7, 11) is 1.65. The first-order valence-corrected chi connectivity index (χ1v) is 10.9. The van der Waals surface area contributed by atoms with Crippen molar-refractivity contribution in [3.63, 3.8) is 0 Å². The summed E-state index contributed by atoms with van der Waals surface area (Å²) in [5.41, 5.74) is 2.76. The number of halogens is 4. The molecule has 36 heavy (non-hydrogen) atoms. The quantitative estimate of drug-likeness (QED) is 0.368. The van der Waals surface area contributed by atoms with E-state index in [9.17, 15) is 18.0 Å². The fourth-order valence-electron chi connectivity index (χ4n) is 4.74. The Kier molecular flexibility index (Phi) is 4.59. The van der Waals surface area contributed by atoms with Crippen molar-refractivity contribution in [2.75, 3.05) is 4.90 Å². The first-order chi connectivity index (χ1) is 17.1. The van der Waals surface area contributed by atoms with Gasteiger partial charge in [-0.15, -0.1) is 0 Å². The lowest BCUT2D eigenvalue weighted by Gasteiger charge is -2.27. The van der Waals surface area contributed by atoms with Gasteiger partial charge in [0.25, 0.3) is 5.91 Å². The predicted octanol–water partition coefficient (Wildman–Crippen LogP) is 4.70. The highest BCUT2D eigenvalue weighted by atomic mass is 19.4. The van der Waals surface area contributed by atoms with Crippen molar-refractivity contribution in [2.45, 2.75) is 19.1 Å². The molecule has 2 aromatic carbocycles. The maximum Gasteiger partial charge on any atom is 0.419 e. The first-order valence-electron chi connectivity index (χ1n) is 10.9. The molecule has 4 heterocycles. The molecule has 0 radical (unpaired) electrons. The van der Waals surface area contributed by atoms with Gasteiger partial charge >= 0.3 is 6.18 Å². The number of aryl methyl sites for hydroxylation is 2. The van der Waals surface area contributed by atoms with E-state index in [0.29, 0.717) is 34.4 Å². The van der Waals surface area contributed by atoms with E-state index in [0.717, 1.165) is 22.5 Å². The molecule has 6 rings (SSSR count). The molecule has 1 atom stereocenters. The van der Waals surface area contributed by atoms with Crippen LogP contribution in [0.2, 0.25) is 0 Å². The van der Waals surface area contributed by atoms with Crippen molar-refractivity contribution < 1.29 is 22.4 Å². The lowest BCUT2D eigenvalue weighted by molar-refractivity contribution is -0.137. The van der Waals surface area contributed by atoms with Crippen molar-refractivity contribution in [3.8, 4) is 5.69 Å². The summed E-state index contributed by atoms with van der Waals surface area (Å²) >= 11 is 0. The average Bonchev–Trinajstić information content (AvgIpc) is 3.59. The molecule has 3 aromatic heterocycles. The Bertz CT molecular complexity index is 1660. The summed E-state index contributed by atoms with van der Waals surface area (Å²) in [5, 5.41) is 8.07. The van der Waals surface area contributed by atoms with Gasteiger partial charge in [0.2, 0.25) is 0 Å². The highest BCUT2D eigenvalue weighted by molar-refractivity contribution is 6.11. The Hall–Kier alpha value is -4.48. The Balaban J connectivity index is 1.48. The predicted molar refractivity (Wildman–Crippen MR) is 121 cm³/mol. The third kappa shape index (κ3) is 3.21. The van der Waals surface area contributed by atoms with Crippen LogP contribution in [0.5, 0.6) is 0 Å². The highest BCUT2D eigenvalue weighted by Gasteiger charge is 2.44. The van der Waals surface area contributed by atoms with Crippen LogP contribution in [-0.4, -0.2) is 35.4 Å². The minimum atomic E-state index is -4.56. The Morgan fingerprint density at radius 2 is 1.86 bits per heavy atom. The molecule has 0 saturated heterocycles. The molecule has 5 aromatic rings. The number of aromatic amines is 1. The number of carbonyl (C=O) groups is 1. The number of aromatic nitrogens is 6. The van der Waals surface area contributed by atoms with Crippen LogP contribution in [0.25, 0.3) is 16.7 Å². The molecule has 0 saturated carbocycles. The van der Waals surface area contributed by atoms with Gasteiger partial charge in [0.1, 0.15) is 11.5 Å². The van der Waals surface area contributed by atoms with Gasteiger partial charge in [-0.05, 0) is 37.3 Å². The van der Waals surface area contributed by atoms with Crippen LogP contribution in [0, 0.1) is 12.7 Å². The van der Waals surface area contributed by atoms with Crippen LogP contribution in [-0.2, 0) is 13.2 Å². The average molecular weight is 495 g/mol. The molecule has 182 valence electrons. The summed E-state index contributed by atoms with van der Waals surface area (Å²) in [6, 6.07) is 8.45. The number of rotatable bonds is 3. The molecule has 1 N–H and O–H groups in total. The van der Waals surface area contributed by atoms with Gasteiger partial charge in [0.05, 0.1) is 46.5 Å². The van der Waals surface area contributed by atoms with E-state index < -0.39 is 23.6 Å². The molecular weight excluding hydrogens is 478 g/mol. The van der Waals surface area contributed by atoms with Crippen LogP contribution in [0.1, 0.15) is 38.9 Å². The van der Waals surface area contributed by atoms with Crippen molar-refractivity contribution in [1.29, 1.82) is 0 Å². The topological polar surface area (TPSA) is 84.6 Å². The molecule has 1 unspecified atom stereocenters. The van der Waals surface area contributed by atoms with Crippen molar-refractivity contribution in [1.82, 2.24) is 29.5 Å². The zero-order valence-electron chi connectivity index (χ0n) is 18.9. The number of hydrogen-bond donors (Lipinski definition) is 1. The van der Waals surface area contributed by atoms with E-state index in [1.807, 2.05) is 0 Å². The molecule has 0 bridgehead atoms. The van der Waals surface area contributed by atoms with Crippen LogP contribution < -0.4 is 4.90 Å². The third-order valence-corrected chi connectivity index (χ3v) is 6.36. The molecule has 12 heteroatoms. The molecule has 0 spiro atoms. The van der Waals surface area contributed by atoms with Crippen molar-refractivity contribution >= 4 is 22.6 Å². The lowest BCUT2D eigenvalue weighted by Crippen LogP contribution is -2.30. The monoisotopic (exact) mass is 495 g/mol. The smallest absolute Gasteiger partial charge is 0.345 e. The maximum atomic E-state index is 15.6. The number of amides is 1. The van der Waals surface area contributed by atoms with Crippen molar-refractivity contribution in [3.05, 3.63) is 89.0 Å². The summed E-state index contributed by atoms with van der Waals surface area (Å²) in [6.07, 6.45) is -1.55. The lowest BCUT2D eigenvalue weighted by atomic mass is 9.98. The number of H-pyrrole nitrogens is 1. The van der Waals surface area contributed by atoms with E-state index >= 15 is 4.39 Å². The molecule has 0 aliphatic carbocycles. The van der Waals surface area contributed by atoms with Crippen molar-refractivity contribution in [2.24, 2.45) is 7.05 Å². The van der Waals surface area contributed by atoms with E-state index in [2.05, 4.69) is 20.2 Å². The van der Waals surface area contributed by atoms with Gasteiger partial charge in [-0.2, -0.15) is 23.4 Å². The first kappa shape index (κ1) is 22.0. The molecule has 1 aliphatic rings. The summed E-state index contributed by atoms with van der Waals surface area (Å²) in [4.78, 5) is 22.3. The van der Waals surface area contributed by atoms with Gasteiger partial charge in [-0.3, -0.25) is 14.4 Å². The SMILES string of the molecule is Cc1nn(C)c2c1C(c1ccc(-n3cc(C(F)(F)F)cn3)cc1F)N(c1ccc3[nH]cnc3c1)C2=O. The second-order valence-electron chi connectivity index (χ2n) is 8.53. The minimum Gasteiger partial charge on any atom is -0.345 e. The normalized spacial score (nSPS) is 15.8. The van der Waals surface area contributed by atoms with Gasteiger partial charge in [-0.25, -0.2) is 14.1 Å². The molecular formula is C24H17F4N7O. The van der Waals surface area contributed by atoms with E-state index in [-0.39, 0.29) is 17.2 Å². The number of alkyl halides is 3. The van der Waals surface area contributed by atoms with Crippen LogP contribution in [0.3, 0.4) is 0 Å². The van der Waals surface area contributed by atoms with E-state index in [4.69, 9.17) is 0 Å². The van der Waals surface area contributed by atoms with E-state index in [1.165, 1.54) is 21.7 Å². The number of imidazole rings is 1. The Labute approximate surface area is 200 Å². The van der Waals surface area contributed by atoms with E-state index in [1.54, 1.807) is 38.5 Å².